The molecule has 0 atom stereocenters. The maximum atomic E-state index is 11.6. The molecule has 1 aliphatic heterocycles. The van der Waals surface area contributed by atoms with Gasteiger partial charge in [-0.05, 0) is 25.1 Å². The van der Waals surface area contributed by atoms with Crippen LogP contribution >= 0.6 is 0 Å². The van der Waals surface area contributed by atoms with Crippen molar-refractivity contribution in [3.8, 4) is 6.07 Å². The third-order valence-corrected chi connectivity index (χ3v) is 4.30. The molecular formula is C13H14N2O2S. The van der Waals surface area contributed by atoms with Gasteiger partial charge in [0.1, 0.15) is 0 Å². The molecule has 1 saturated heterocycles. The van der Waals surface area contributed by atoms with Crippen molar-refractivity contribution in [2.24, 2.45) is 0 Å². The topological polar surface area (TPSA) is 61.2 Å². The Hall–Kier alpha value is -1.67. The third kappa shape index (κ3) is 2.59. The first kappa shape index (κ1) is 12.8. The van der Waals surface area contributed by atoms with Crippen LogP contribution in [0.3, 0.4) is 0 Å². The SMILES string of the molecule is CC(=O)c1ccc(C#N)cc1N1CCS(=O)CC1. The smallest absolute Gasteiger partial charge is 0.161 e. The fraction of sp³-hybridized carbons (Fsp3) is 0.385. The lowest BCUT2D eigenvalue weighted by Crippen LogP contribution is -2.38. The first-order chi connectivity index (χ1) is 8.61. The lowest BCUT2D eigenvalue weighted by molar-refractivity contribution is 0.101. The van der Waals surface area contributed by atoms with Crippen LogP contribution in [0.5, 0.6) is 0 Å². The van der Waals surface area contributed by atoms with Crippen molar-refractivity contribution >= 4 is 22.3 Å². The second-order valence-electron chi connectivity index (χ2n) is 4.24. The minimum atomic E-state index is -0.751. The molecule has 0 radical (unpaired) electrons. The minimum absolute atomic E-state index is 0.0128. The third-order valence-electron chi connectivity index (χ3n) is 3.02. The van der Waals surface area contributed by atoms with E-state index in [2.05, 4.69) is 6.07 Å². The first-order valence-electron chi connectivity index (χ1n) is 5.77. The average Bonchev–Trinajstić information content (AvgIpc) is 2.38. The van der Waals surface area contributed by atoms with Gasteiger partial charge in [-0.2, -0.15) is 5.26 Å². The van der Waals surface area contributed by atoms with Crippen molar-refractivity contribution in [2.45, 2.75) is 6.92 Å². The van der Waals surface area contributed by atoms with Crippen LogP contribution in [0.4, 0.5) is 5.69 Å². The molecule has 1 aliphatic rings. The van der Waals surface area contributed by atoms with Crippen LogP contribution < -0.4 is 4.90 Å². The number of hydrogen-bond donors (Lipinski definition) is 0. The molecule has 1 heterocycles. The fourth-order valence-corrected chi connectivity index (χ4v) is 3.09. The summed E-state index contributed by atoms with van der Waals surface area (Å²) in [4.78, 5) is 13.6. The highest BCUT2D eigenvalue weighted by molar-refractivity contribution is 7.85. The zero-order valence-corrected chi connectivity index (χ0v) is 11.0. The van der Waals surface area contributed by atoms with E-state index in [1.54, 1.807) is 18.2 Å². The lowest BCUT2D eigenvalue weighted by atomic mass is 10.1. The van der Waals surface area contributed by atoms with E-state index >= 15 is 0 Å². The zero-order valence-electron chi connectivity index (χ0n) is 10.2. The number of Topliss-reactive ketones (excluding diaryl/α,β-unsaturated/α-hetero) is 1. The monoisotopic (exact) mass is 262 g/mol. The normalized spacial score (nSPS) is 16.3. The molecule has 2 rings (SSSR count). The zero-order chi connectivity index (χ0) is 13.1. The number of ketones is 1. The predicted molar refractivity (Wildman–Crippen MR) is 71.3 cm³/mol. The Morgan fingerprint density at radius 2 is 2.06 bits per heavy atom. The van der Waals surface area contributed by atoms with Gasteiger partial charge in [0.2, 0.25) is 0 Å². The van der Waals surface area contributed by atoms with Crippen molar-refractivity contribution in [3.05, 3.63) is 29.3 Å². The Morgan fingerprint density at radius 3 is 2.61 bits per heavy atom. The molecule has 0 spiro atoms. The van der Waals surface area contributed by atoms with Crippen LogP contribution in [-0.2, 0) is 10.8 Å². The van der Waals surface area contributed by atoms with Gasteiger partial charge in [0.25, 0.3) is 0 Å². The Bertz CT molecular complexity index is 538. The van der Waals surface area contributed by atoms with E-state index in [0.29, 0.717) is 35.7 Å². The quantitative estimate of drug-likeness (QED) is 0.754. The van der Waals surface area contributed by atoms with Crippen LogP contribution in [-0.4, -0.2) is 34.6 Å². The molecule has 18 heavy (non-hydrogen) atoms. The summed E-state index contributed by atoms with van der Waals surface area (Å²) in [6, 6.07) is 7.18. The summed E-state index contributed by atoms with van der Waals surface area (Å²) < 4.78 is 11.3. The van der Waals surface area contributed by atoms with Crippen LogP contribution in [0.2, 0.25) is 0 Å². The van der Waals surface area contributed by atoms with E-state index in [4.69, 9.17) is 5.26 Å². The summed E-state index contributed by atoms with van der Waals surface area (Å²) in [5.74, 6) is 1.23. The summed E-state index contributed by atoms with van der Waals surface area (Å²) in [5.41, 5.74) is 1.96. The van der Waals surface area contributed by atoms with Crippen LogP contribution in [0.25, 0.3) is 0 Å². The van der Waals surface area contributed by atoms with Crippen molar-refractivity contribution in [2.75, 3.05) is 29.5 Å². The molecule has 94 valence electrons. The molecular weight excluding hydrogens is 248 g/mol. The Kier molecular flexibility index (Phi) is 3.78. The summed E-state index contributed by atoms with van der Waals surface area (Å²) in [5, 5.41) is 8.93. The summed E-state index contributed by atoms with van der Waals surface area (Å²) in [6.07, 6.45) is 0. The molecule has 0 saturated carbocycles. The van der Waals surface area contributed by atoms with Gasteiger partial charge in [-0.1, -0.05) is 0 Å². The second-order valence-corrected chi connectivity index (χ2v) is 5.93. The van der Waals surface area contributed by atoms with E-state index in [9.17, 15) is 9.00 Å². The molecule has 1 fully saturated rings. The minimum Gasteiger partial charge on any atom is -0.369 e. The van der Waals surface area contributed by atoms with E-state index in [-0.39, 0.29) is 5.78 Å². The van der Waals surface area contributed by atoms with Gasteiger partial charge in [-0.15, -0.1) is 0 Å². The van der Waals surface area contributed by atoms with E-state index in [1.807, 2.05) is 4.90 Å². The summed E-state index contributed by atoms with van der Waals surface area (Å²) in [6.45, 7) is 2.86. The standard InChI is InChI=1S/C13H14N2O2S/c1-10(16)12-3-2-11(9-14)8-13(12)15-4-6-18(17)7-5-15/h2-3,8H,4-7H2,1H3. The summed E-state index contributed by atoms with van der Waals surface area (Å²) in [7, 11) is -0.751. The van der Waals surface area contributed by atoms with Gasteiger partial charge < -0.3 is 4.90 Å². The molecule has 5 heteroatoms. The van der Waals surface area contributed by atoms with Crippen molar-refractivity contribution < 1.29 is 9.00 Å². The molecule has 0 N–H and O–H groups in total. The van der Waals surface area contributed by atoms with Gasteiger partial charge in [-0.3, -0.25) is 9.00 Å². The number of anilines is 1. The van der Waals surface area contributed by atoms with Gasteiger partial charge in [0.15, 0.2) is 5.78 Å². The molecule has 0 unspecified atom stereocenters. The van der Waals surface area contributed by atoms with Gasteiger partial charge in [-0.25, -0.2) is 0 Å². The number of carbonyl (C=O) groups is 1. The van der Waals surface area contributed by atoms with Crippen LogP contribution in [0.15, 0.2) is 18.2 Å². The average molecular weight is 262 g/mol. The predicted octanol–water partition coefficient (Wildman–Crippen LogP) is 1.33. The number of benzene rings is 1. The highest BCUT2D eigenvalue weighted by atomic mass is 32.2. The van der Waals surface area contributed by atoms with Crippen molar-refractivity contribution in [3.63, 3.8) is 0 Å². The van der Waals surface area contributed by atoms with Gasteiger partial charge in [0, 0.05) is 46.6 Å². The highest BCUT2D eigenvalue weighted by Crippen LogP contribution is 2.24. The molecule has 1 aromatic carbocycles. The van der Waals surface area contributed by atoms with E-state index in [1.165, 1.54) is 6.92 Å². The lowest BCUT2D eigenvalue weighted by Gasteiger charge is -2.29. The highest BCUT2D eigenvalue weighted by Gasteiger charge is 2.19. The van der Waals surface area contributed by atoms with Gasteiger partial charge in [0.05, 0.1) is 11.6 Å². The van der Waals surface area contributed by atoms with E-state index in [0.717, 1.165) is 5.69 Å². The van der Waals surface area contributed by atoms with Crippen LogP contribution in [0, 0.1) is 11.3 Å². The van der Waals surface area contributed by atoms with Gasteiger partial charge >= 0.3 is 0 Å². The Morgan fingerprint density at radius 1 is 1.39 bits per heavy atom. The number of rotatable bonds is 2. The molecule has 0 aromatic heterocycles. The number of nitrogens with zero attached hydrogens (tertiary/aromatic N) is 2. The Labute approximate surface area is 109 Å². The Balaban J connectivity index is 2.38. The largest absolute Gasteiger partial charge is 0.369 e. The number of carbonyl (C=O) groups excluding carboxylic acids is 1. The molecule has 4 nitrogen and oxygen atoms in total. The fourth-order valence-electron chi connectivity index (χ4n) is 2.04. The molecule has 0 aliphatic carbocycles. The van der Waals surface area contributed by atoms with Crippen molar-refractivity contribution in [1.82, 2.24) is 0 Å². The summed E-state index contributed by atoms with van der Waals surface area (Å²) >= 11 is 0. The first-order valence-corrected chi connectivity index (χ1v) is 7.25. The number of nitriles is 1. The maximum absolute atomic E-state index is 11.6. The van der Waals surface area contributed by atoms with E-state index < -0.39 is 10.8 Å². The van der Waals surface area contributed by atoms with Crippen molar-refractivity contribution in [1.29, 1.82) is 5.26 Å². The van der Waals surface area contributed by atoms with Crippen LogP contribution in [0.1, 0.15) is 22.8 Å². The maximum Gasteiger partial charge on any atom is 0.161 e. The molecule has 1 aromatic rings. The number of hydrogen-bond acceptors (Lipinski definition) is 4. The second kappa shape index (κ2) is 5.32. The molecule has 0 bridgehead atoms. The molecule has 0 amide bonds.